The van der Waals surface area contributed by atoms with Crippen LogP contribution in [-0.2, 0) is 4.79 Å². The average molecular weight is 400 g/mol. The van der Waals surface area contributed by atoms with Gasteiger partial charge < -0.3 is 29.9 Å². The first-order chi connectivity index (χ1) is 14.0. The maximum atomic E-state index is 12.4. The second-order valence-electron chi connectivity index (χ2n) is 6.81. The number of piperidine rings is 1. The van der Waals surface area contributed by atoms with Gasteiger partial charge in [0.1, 0.15) is 11.5 Å². The molecule has 0 unspecified atom stereocenters. The number of methoxy groups -OCH3 is 1. The number of carbonyl (C=O) groups excluding carboxylic acids is 2. The van der Waals surface area contributed by atoms with Gasteiger partial charge in [-0.2, -0.15) is 0 Å². The number of hydrogen-bond acceptors (Lipinski definition) is 6. The summed E-state index contributed by atoms with van der Waals surface area (Å²) in [5.74, 6) is 0.231. The topological polar surface area (TPSA) is 108 Å². The molecule has 8 nitrogen and oxygen atoms in total. The first-order valence-electron chi connectivity index (χ1n) is 9.33. The van der Waals surface area contributed by atoms with Gasteiger partial charge in [0, 0.05) is 30.8 Å². The predicted octanol–water partition coefficient (Wildman–Crippen LogP) is 1.91. The van der Waals surface area contributed by atoms with Gasteiger partial charge >= 0.3 is 0 Å². The van der Waals surface area contributed by atoms with Crippen molar-refractivity contribution in [2.24, 2.45) is 0 Å². The van der Waals surface area contributed by atoms with E-state index in [-0.39, 0.29) is 41.5 Å². The monoisotopic (exact) mass is 400 g/mol. The molecular formula is C21H24N2O6. The number of phenolic OH excluding ortho intramolecular Hbond substituents is 2. The van der Waals surface area contributed by atoms with Crippen LogP contribution in [0.3, 0.4) is 0 Å². The van der Waals surface area contributed by atoms with Crippen molar-refractivity contribution in [3.63, 3.8) is 0 Å². The average Bonchev–Trinajstić information content (AvgIpc) is 2.72. The second kappa shape index (κ2) is 9.18. The van der Waals surface area contributed by atoms with Gasteiger partial charge in [-0.3, -0.25) is 9.59 Å². The lowest BCUT2D eigenvalue weighted by molar-refractivity contribution is -0.134. The lowest BCUT2D eigenvalue weighted by Gasteiger charge is -2.32. The Morgan fingerprint density at radius 2 is 1.69 bits per heavy atom. The fourth-order valence-electron chi connectivity index (χ4n) is 3.24. The van der Waals surface area contributed by atoms with Crippen LogP contribution in [0.5, 0.6) is 23.0 Å². The van der Waals surface area contributed by atoms with E-state index in [1.807, 2.05) is 12.1 Å². The molecule has 3 rings (SSSR count). The van der Waals surface area contributed by atoms with Crippen molar-refractivity contribution in [1.82, 2.24) is 10.2 Å². The molecule has 154 valence electrons. The largest absolute Gasteiger partial charge is 0.508 e. The van der Waals surface area contributed by atoms with Crippen LogP contribution < -0.4 is 14.8 Å². The highest BCUT2D eigenvalue weighted by Gasteiger charge is 2.25. The van der Waals surface area contributed by atoms with Crippen molar-refractivity contribution in [3.8, 4) is 23.0 Å². The third kappa shape index (κ3) is 5.31. The quantitative estimate of drug-likeness (QED) is 0.684. The lowest BCUT2D eigenvalue weighted by atomic mass is 10.0. The summed E-state index contributed by atoms with van der Waals surface area (Å²) in [5, 5.41) is 21.9. The minimum atomic E-state index is -0.375. The number of nitrogens with zero attached hydrogens (tertiary/aromatic N) is 1. The maximum absolute atomic E-state index is 12.4. The van der Waals surface area contributed by atoms with Crippen LogP contribution in [0.1, 0.15) is 23.2 Å². The molecular weight excluding hydrogens is 376 g/mol. The van der Waals surface area contributed by atoms with E-state index in [1.54, 1.807) is 24.1 Å². The molecule has 1 saturated heterocycles. The van der Waals surface area contributed by atoms with Gasteiger partial charge in [0.2, 0.25) is 0 Å². The van der Waals surface area contributed by atoms with Gasteiger partial charge in [-0.25, -0.2) is 0 Å². The number of likely N-dealkylation sites (tertiary alicyclic amines) is 1. The SMILES string of the molecule is COc1ccccc1OCC(=O)N1CCC(NC(=O)c2cc(O)cc(O)c2)CC1. The summed E-state index contributed by atoms with van der Waals surface area (Å²) in [6.07, 6.45) is 1.22. The van der Waals surface area contributed by atoms with Gasteiger partial charge in [0.05, 0.1) is 7.11 Å². The molecule has 1 fully saturated rings. The summed E-state index contributed by atoms with van der Waals surface area (Å²) in [4.78, 5) is 26.4. The fourth-order valence-corrected chi connectivity index (χ4v) is 3.24. The van der Waals surface area contributed by atoms with Gasteiger partial charge in [-0.05, 0) is 37.1 Å². The number of aromatic hydroxyl groups is 2. The van der Waals surface area contributed by atoms with E-state index < -0.39 is 0 Å². The molecule has 2 aromatic rings. The van der Waals surface area contributed by atoms with Crippen LogP contribution in [0.4, 0.5) is 0 Å². The van der Waals surface area contributed by atoms with Crippen LogP contribution in [-0.4, -0.2) is 59.8 Å². The molecule has 0 saturated carbocycles. The third-order valence-corrected chi connectivity index (χ3v) is 4.77. The predicted molar refractivity (Wildman–Crippen MR) is 105 cm³/mol. The highest BCUT2D eigenvalue weighted by molar-refractivity contribution is 5.95. The summed E-state index contributed by atoms with van der Waals surface area (Å²) in [7, 11) is 1.54. The molecule has 3 N–H and O–H groups in total. The molecule has 0 radical (unpaired) electrons. The zero-order chi connectivity index (χ0) is 20.8. The van der Waals surface area contributed by atoms with Crippen molar-refractivity contribution in [3.05, 3.63) is 48.0 Å². The third-order valence-electron chi connectivity index (χ3n) is 4.77. The smallest absolute Gasteiger partial charge is 0.260 e. The molecule has 0 spiro atoms. The van der Waals surface area contributed by atoms with E-state index in [9.17, 15) is 19.8 Å². The summed E-state index contributed by atoms with van der Waals surface area (Å²) < 4.78 is 10.8. The van der Waals surface area contributed by atoms with Crippen LogP contribution in [0.15, 0.2) is 42.5 Å². The lowest BCUT2D eigenvalue weighted by Crippen LogP contribution is -2.47. The Labute approximate surface area is 168 Å². The Morgan fingerprint density at radius 3 is 2.31 bits per heavy atom. The molecule has 2 amide bonds. The van der Waals surface area contributed by atoms with Gasteiger partial charge in [-0.1, -0.05) is 12.1 Å². The van der Waals surface area contributed by atoms with Crippen molar-refractivity contribution in [1.29, 1.82) is 0 Å². The summed E-state index contributed by atoms with van der Waals surface area (Å²) >= 11 is 0. The summed E-state index contributed by atoms with van der Waals surface area (Å²) in [6, 6.07) is 10.8. The second-order valence-corrected chi connectivity index (χ2v) is 6.81. The fraction of sp³-hybridized carbons (Fsp3) is 0.333. The molecule has 8 heteroatoms. The number of rotatable bonds is 6. The van der Waals surface area contributed by atoms with Crippen LogP contribution in [0, 0.1) is 0 Å². The van der Waals surface area contributed by atoms with Crippen LogP contribution in [0.25, 0.3) is 0 Å². The van der Waals surface area contributed by atoms with Gasteiger partial charge in [0.25, 0.3) is 11.8 Å². The Bertz CT molecular complexity index is 857. The zero-order valence-electron chi connectivity index (χ0n) is 16.1. The van der Waals surface area contributed by atoms with E-state index in [1.165, 1.54) is 12.1 Å². The van der Waals surface area contributed by atoms with Crippen LogP contribution in [0.2, 0.25) is 0 Å². The van der Waals surface area contributed by atoms with Crippen LogP contribution >= 0.6 is 0 Å². The Kier molecular flexibility index (Phi) is 6.43. The molecule has 1 aliphatic rings. The first kappa shape index (κ1) is 20.3. The highest BCUT2D eigenvalue weighted by Crippen LogP contribution is 2.26. The van der Waals surface area contributed by atoms with Gasteiger partial charge in [0.15, 0.2) is 18.1 Å². The van der Waals surface area contributed by atoms with Gasteiger partial charge in [-0.15, -0.1) is 0 Å². The summed E-state index contributed by atoms with van der Waals surface area (Å²) in [5.41, 5.74) is 0.186. The number of amides is 2. The Balaban J connectivity index is 1.47. The van der Waals surface area contributed by atoms with Crippen molar-refractivity contribution < 1.29 is 29.3 Å². The number of para-hydroxylation sites is 2. The minimum Gasteiger partial charge on any atom is -0.508 e. The van der Waals surface area contributed by atoms with E-state index in [0.717, 1.165) is 6.07 Å². The van der Waals surface area contributed by atoms with E-state index >= 15 is 0 Å². The number of carbonyl (C=O) groups is 2. The van der Waals surface area contributed by atoms with Crippen molar-refractivity contribution in [2.45, 2.75) is 18.9 Å². The molecule has 0 atom stereocenters. The number of phenols is 2. The highest BCUT2D eigenvalue weighted by atomic mass is 16.5. The number of nitrogens with one attached hydrogen (secondary N) is 1. The molecule has 1 heterocycles. The van der Waals surface area contributed by atoms with E-state index in [2.05, 4.69) is 5.32 Å². The molecule has 0 bridgehead atoms. The minimum absolute atomic E-state index is 0.0834. The molecule has 0 aliphatic carbocycles. The standard InChI is InChI=1S/C21H24N2O6/c1-28-18-4-2-3-5-19(18)29-13-20(26)23-8-6-15(7-9-23)22-21(27)14-10-16(24)12-17(25)11-14/h2-5,10-12,15,24-25H,6-9,13H2,1H3,(H,22,27). The normalized spacial score (nSPS) is 14.3. The number of ether oxygens (including phenoxy) is 2. The van der Waals surface area contributed by atoms with E-state index in [0.29, 0.717) is 37.4 Å². The molecule has 2 aromatic carbocycles. The summed E-state index contributed by atoms with van der Waals surface area (Å²) in [6.45, 7) is 0.925. The first-order valence-corrected chi connectivity index (χ1v) is 9.33. The Morgan fingerprint density at radius 1 is 1.07 bits per heavy atom. The number of benzene rings is 2. The number of hydrogen-bond donors (Lipinski definition) is 3. The van der Waals surface area contributed by atoms with Crippen molar-refractivity contribution in [2.75, 3.05) is 26.8 Å². The molecule has 0 aromatic heterocycles. The Hall–Kier alpha value is -3.42. The van der Waals surface area contributed by atoms with Crippen molar-refractivity contribution >= 4 is 11.8 Å². The molecule has 29 heavy (non-hydrogen) atoms. The van der Waals surface area contributed by atoms with E-state index in [4.69, 9.17) is 9.47 Å². The maximum Gasteiger partial charge on any atom is 0.260 e. The zero-order valence-corrected chi connectivity index (χ0v) is 16.1. The molecule has 1 aliphatic heterocycles.